The number of hydrogen-bond acceptors (Lipinski definition) is 3. The number of aliphatic hydroxyl groups excluding tert-OH is 1. The number of aliphatic hydroxyl groups is 1. The van der Waals surface area contributed by atoms with E-state index in [4.69, 9.17) is 9.47 Å². The maximum absolute atomic E-state index is 10.4. The molecule has 0 saturated carbocycles. The molecule has 0 radical (unpaired) electrons. The van der Waals surface area contributed by atoms with Crippen molar-refractivity contribution in [3.8, 4) is 5.75 Å². The zero-order chi connectivity index (χ0) is 13.8. The molecule has 1 fully saturated rings. The fourth-order valence-corrected chi connectivity index (χ4v) is 3.38. The predicted octanol–water partition coefficient (Wildman–Crippen LogP) is 3.26. The van der Waals surface area contributed by atoms with E-state index in [-0.39, 0.29) is 12.2 Å². The van der Waals surface area contributed by atoms with Gasteiger partial charge in [0.15, 0.2) is 0 Å². The first-order chi connectivity index (χ1) is 9.83. The van der Waals surface area contributed by atoms with Crippen LogP contribution in [0.25, 0.3) is 0 Å². The summed E-state index contributed by atoms with van der Waals surface area (Å²) in [6.07, 6.45) is 6.08. The number of para-hydroxylation sites is 1. The first-order valence-corrected chi connectivity index (χ1v) is 7.84. The maximum Gasteiger partial charge on any atom is 0.122 e. The molecule has 1 aromatic rings. The molecule has 3 atom stereocenters. The van der Waals surface area contributed by atoms with Gasteiger partial charge >= 0.3 is 0 Å². The van der Waals surface area contributed by atoms with Gasteiger partial charge in [0.05, 0.1) is 18.8 Å². The highest BCUT2D eigenvalue weighted by Gasteiger charge is 2.25. The van der Waals surface area contributed by atoms with Gasteiger partial charge in [-0.25, -0.2) is 0 Å². The van der Waals surface area contributed by atoms with Crippen molar-refractivity contribution in [1.29, 1.82) is 0 Å². The Hall–Kier alpha value is -1.06. The van der Waals surface area contributed by atoms with Crippen LogP contribution in [0.4, 0.5) is 0 Å². The summed E-state index contributed by atoms with van der Waals surface area (Å²) in [5.74, 6) is 1.41. The summed E-state index contributed by atoms with van der Waals surface area (Å²) in [7, 11) is 0. The maximum atomic E-state index is 10.4. The van der Waals surface area contributed by atoms with Crippen LogP contribution in [-0.2, 0) is 4.74 Å². The van der Waals surface area contributed by atoms with E-state index in [0.29, 0.717) is 5.92 Å². The molecule has 0 spiro atoms. The van der Waals surface area contributed by atoms with Crippen LogP contribution in [0.1, 0.15) is 50.0 Å². The Morgan fingerprint density at radius 2 is 2.00 bits per heavy atom. The van der Waals surface area contributed by atoms with Gasteiger partial charge in [-0.2, -0.15) is 0 Å². The van der Waals surface area contributed by atoms with E-state index in [1.54, 1.807) is 0 Å². The average Bonchev–Trinajstić information content (AvgIpc) is 2.48. The molecule has 20 heavy (non-hydrogen) atoms. The Bertz CT molecular complexity index is 426. The monoisotopic (exact) mass is 276 g/mol. The van der Waals surface area contributed by atoms with Crippen LogP contribution in [-0.4, -0.2) is 30.5 Å². The van der Waals surface area contributed by atoms with E-state index in [0.717, 1.165) is 44.6 Å². The van der Waals surface area contributed by atoms with Gasteiger partial charge in [-0.1, -0.05) is 18.2 Å². The third-order valence-corrected chi connectivity index (χ3v) is 4.45. The molecule has 3 rings (SSSR count). The fourth-order valence-electron chi connectivity index (χ4n) is 3.38. The van der Waals surface area contributed by atoms with E-state index in [2.05, 4.69) is 12.1 Å². The Morgan fingerprint density at radius 1 is 1.10 bits per heavy atom. The third-order valence-electron chi connectivity index (χ3n) is 4.45. The van der Waals surface area contributed by atoms with Crippen LogP contribution in [0.2, 0.25) is 0 Å². The lowest BCUT2D eigenvalue weighted by molar-refractivity contribution is -0.0181. The van der Waals surface area contributed by atoms with Gasteiger partial charge in [0.1, 0.15) is 5.75 Å². The number of rotatable bonds is 4. The van der Waals surface area contributed by atoms with Gasteiger partial charge in [-0.05, 0) is 56.1 Å². The normalized spacial score (nSPS) is 27.4. The molecule has 3 unspecified atom stereocenters. The van der Waals surface area contributed by atoms with Gasteiger partial charge in [0.25, 0.3) is 0 Å². The summed E-state index contributed by atoms with van der Waals surface area (Å²) in [6.45, 7) is 1.62. The minimum absolute atomic E-state index is 0.258. The highest BCUT2D eigenvalue weighted by Crippen LogP contribution is 2.36. The number of hydrogen-bond donors (Lipinski definition) is 1. The van der Waals surface area contributed by atoms with Crippen LogP contribution in [0.5, 0.6) is 5.75 Å². The van der Waals surface area contributed by atoms with Crippen molar-refractivity contribution < 1.29 is 14.6 Å². The van der Waals surface area contributed by atoms with Gasteiger partial charge < -0.3 is 14.6 Å². The van der Waals surface area contributed by atoms with Crippen LogP contribution in [0.15, 0.2) is 24.3 Å². The summed E-state index contributed by atoms with van der Waals surface area (Å²) >= 11 is 0. The minimum Gasteiger partial charge on any atom is -0.493 e. The van der Waals surface area contributed by atoms with E-state index in [1.165, 1.54) is 18.4 Å². The van der Waals surface area contributed by atoms with Crippen LogP contribution < -0.4 is 4.74 Å². The fraction of sp³-hybridized carbons (Fsp3) is 0.647. The topological polar surface area (TPSA) is 38.7 Å². The van der Waals surface area contributed by atoms with Crippen molar-refractivity contribution in [3.05, 3.63) is 29.8 Å². The lowest BCUT2D eigenvalue weighted by atomic mass is 9.86. The van der Waals surface area contributed by atoms with E-state index in [9.17, 15) is 5.11 Å². The zero-order valence-electron chi connectivity index (χ0n) is 12.0. The standard InChI is InChI=1S/C17H24O3/c18-14(12-15-5-3-4-9-19-15)11-13-8-10-20-17-7-2-1-6-16(13)17/h1-2,6-7,13-15,18H,3-5,8-12H2. The Kier molecular flexibility index (Phi) is 4.58. The van der Waals surface area contributed by atoms with Crippen molar-refractivity contribution in [2.75, 3.05) is 13.2 Å². The third kappa shape index (κ3) is 3.33. The van der Waals surface area contributed by atoms with Gasteiger partial charge in [0, 0.05) is 6.61 Å². The number of fused-ring (bicyclic) bond motifs is 1. The molecule has 1 saturated heterocycles. The van der Waals surface area contributed by atoms with Gasteiger partial charge in [-0.15, -0.1) is 0 Å². The Balaban J connectivity index is 1.57. The second-order valence-electron chi connectivity index (χ2n) is 5.99. The summed E-state index contributed by atoms with van der Waals surface area (Å²) in [6, 6.07) is 8.21. The SMILES string of the molecule is OC(CC1CCCCO1)CC1CCOc2ccccc21. The molecule has 0 aromatic heterocycles. The molecular weight excluding hydrogens is 252 g/mol. The highest BCUT2D eigenvalue weighted by molar-refractivity contribution is 5.37. The van der Waals surface area contributed by atoms with Crippen molar-refractivity contribution in [1.82, 2.24) is 0 Å². The van der Waals surface area contributed by atoms with Gasteiger partial charge in [-0.3, -0.25) is 0 Å². The Morgan fingerprint density at radius 3 is 2.85 bits per heavy atom. The number of ether oxygens (including phenoxy) is 2. The van der Waals surface area contributed by atoms with E-state index >= 15 is 0 Å². The van der Waals surface area contributed by atoms with Crippen LogP contribution in [0.3, 0.4) is 0 Å². The lowest BCUT2D eigenvalue weighted by Crippen LogP contribution is -2.26. The summed E-state index contributed by atoms with van der Waals surface area (Å²) in [5.41, 5.74) is 1.25. The van der Waals surface area contributed by atoms with Crippen molar-refractivity contribution >= 4 is 0 Å². The summed E-state index contributed by atoms with van der Waals surface area (Å²) < 4.78 is 11.4. The highest BCUT2D eigenvalue weighted by atomic mass is 16.5. The molecule has 0 aliphatic carbocycles. The van der Waals surface area contributed by atoms with Crippen LogP contribution >= 0.6 is 0 Å². The van der Waals surface area contributed by atoms with Crippen LogP contribution in [0, 0.1) is 0 Å². The first kappa shape index (κ1) is 13.9. The minimum atomic E-state index is -0.269. The second-order valence-corrected chi connectivity index (χ2v) is 5.99. The molecular formula is C17H24O3. The molecule has 2 aliphatic heterocycles. The molecule has 1 N–H and O–H groups in total. The average molecular weight is 276 g/mol. The molecule has 3 nitrogen and oxygen atoms in total. The molecule has 0 amide bonds. The smallest absolute Gasteiger partial charge is 0.122 e. The zero-order valence-corrected chi connectivity index (χ0v) is 12.0. The largest absolute Gasteiger partial charge is 0.493 e. The first-order valence-electron chi connectivity index (χ1n) is 7.84. The predicted molar refractivity (Wildman–Crippen MR) is 78.1 cm³/mol. The van der Waals surface area contributed by atoms with E-state index < -0.39 is 0 Å². The molecule has 2 aliphatic rings. The van der Waals surface area contributed by atoms with Gasteiger partial charge in [0.2, 0.25) is 0 Å². The molecule has 0 bridgehead atoms. The Labute approximate surface area is 120 Å². The van der Waals surface area contributed by atoms with E-state index in [1.807, 2.05) is 12.1 Å². The lowest BCUT2D eigenvalue weighted by Gasteiger charge is -2.29. The van der Waals surface area contributed by atoms with Crippen molar-refractivity contribution in [2.45, 2.75) is 56.7 Å². The molecule has 3 heteroatoms. The quantitative estimate of drug-likeness (QED) is 0.917. The molecule has 2 heterocycles. The second kappa shape index (κ2) is 6.59. The molecule has 1 aromatic carbocycles. The summed E-state index contributed by atoms with van der Waals surface area (Å²) in [4.78, 5) is 0. The number of benzene rings is 1. The van der Waals surface area contributed by atoms with Crippen molar-refractivity contribution in [2.24, 2.45) is 0 Å². The molecule has 110 valence electrons. The summed E-state index contributed by atoms with van der Waals surface area (Å²) in [5, 5.41) is 10.4. The van der Waals surface area contributed by atoms with Crippen molar-refractivity contribution in [3.63, 3.8) is 0 Å².